The second-order valence-corrected chi connectivity index (χ2v) is 3.80. The van der Waals surface area contributed by atoms with E-state index in [1.165, 1.54) is 0 Å². The van der Waals surface area contributed by atoms with Crippen molar-refractivity contribution < 1.29 is 14.9 Å². The molecular formula is C9H16N2O3. The Morgan fingerprint density at radius 1 is 1.57 bits per heavy atom. The van der Waals surface area contributed by atoms with Crippen LogP contribution in [0.25, 0.3) is 0 Å². The predicted octanol–water partition coefficient (Wildman–Crippen LogP) is -1.05. The molecule has 0 aliphatic carbocycles. The second-order valence-electron chi connectivity index (χ2n) is 3.80. The van der Waals surface area contributed by atoms with Crippen LogP contribution in [0.5, 0.6) is 0 Å². The molecule has 0 aromatic heterocycles. The van der Waals surface area contributed by atoms with Gasteiger partial charge in [0.05, 0.1) is 31.8 Å². The highest BCUT2D eigenvalue weighted by Crippen LogP contribution is 2.21. The standard InChI is InChI=1S/C9H16N2O3/c1-11-4-8(2-3-10)14-9(5-11,6-12)7-13/h8,12-13H,2,4-7H2,1H3/t8-/m0/s1. The van der Waals surface area contributed by atoms with Crippen LogP contribution >= 0.6 is 0 Å². The molecule has 1 atom stereocenters. The molecule has 1 fully saturated rings. The topological polar surface area (TPSA) is 76.7 Å². The molecule has 5 heteroatoms. The van der Waals surface area contributed by atoms with Crippen molar-refractivity contribution in [3.8, 4) is 6.07 Å². The lowest BCUT2D eigenvalue weighted by atomic mass is 10.0. The average Bonchev–Trinajstić information content (AvgIpc) is 2.17. The molecule has 0 bridgehead atoms. The van der Waals surface area contributed by atoms with Gasteiger partial charge in [0.2, 0.25) is 0 Å². The van der Waals surface area contributed by atoms with E-state index in [1.54, 1.807) is 0 Å². The lowest BCUT2D eigenvalue weighted by Gasteiger charge is -2.42. The molecule has 5 nitrogen and oxygen atoms in total. The van der Waals surface area contributed by atoms with Gasteiger partial charge in [-0.25, -0.2) is 0 Å². The number of ether oxygens (including phenoxy) is 1. The Labute approximate surface area is 83.5 Å². The molecule has 0 spiro atoms. The molecule has 0 amide bonds. The summed E-state index contributed by atoms with van der Waals surface area (Å²) in [6.07, 6.45) is 0.0598. The predicted molar refractivity (Wildman–Crippen MR) is 49.5 cm³/mol. The van der Waals surface area contributed by atoms with E-state index in [2.05, 4.69) is 0 Å². The maximum absolute atomic E-state index is 9.15. The van der Waals surface area contributed by atoms with E-state index in [0.29, 0.717) is 13.1 Å². The van der Waals surface area contributed by atoms with Crippen LogP contribution in [0.15, 0.2) is 0 Å². The number of aliphatic hydroxyl groups is 2. The van der Waals surface area contributed by atoms with Crippen molar-refractivity contribution in [1.29, 1.82) is 5.26 Å². The van der Waals surface area contributed by atoms with Crippen LogP contribution in [-0.2, 0) is 4.74 Å². The van der Waals surface area contributed by atoms with E-state index in [-0.39, 0.29) is 25.7 Å². The number of nitriles is 1. The molecule has 1 aliphatic rings. The molecule has 0 radical (unpaired) electrons. The van der Waals surface area contributed by atoms with Gasteiger partial charge in [0, 0.05) is 13.1 Å². The summed E-state index contributed by atoms with van der Waals surface area (Å²) >= 11 is 0. The van der Waals surface area contributed by atoms with Crippen molar-refractivity contribution in [2.45, 2.75) is 18.1 Å². The molecular weight excluding hydrogens is 184 g/mol. The molecule has 0 aromatic rings. The van der Waals surface area contributed by atoms with Gasteiger partial charge in [-0.15, -0.1) is 0 Å². The summed E-state index contributed by atoms with van der Waals surface area (Å²) in [6, 6.07) is 2.03. The highest BCUT2D eigenvalue weighted by Gasteiger charge is 2.38. The molecule has 0 aromatic carbocycles. The Hall–Kier alpha value is -0.670. The SMILES string of the molecule is CN1C[C@H](CC#N)OC(CO)(CO)C1. The minimum Gasteiger partial charge on any atom is -0.393 e. The Bertz CT molecular complexity index is 223. The monoisotopic (exact) mass is 200 g/mol. The van der Waals surface area contributed by atoms with Crippen molar-refractivity contribution in [2.75, 3.05) is 33.4 Å². The van der Waals surface area contributed by atoms with Crippen LogP contribution in [0.3, 0.4) is 0 Å². The number of morpholine rings is 1. The summed E-state index contributed by atoms with van der Waals surface area (Å²) in [6.45, 7) is 0.697. The van der Waals surface area contributed by atoms with E-state index in [9.17, 15) is 0 Å². The summed E-state index contributed by atoms with van der Waals surface area (Å²) in [5, 5.41) is 26.8. The number of likely N-dealkylation sites (N-methyl/N-ethyl adjacent to an activating group) is 1. The summed E-state index contributed by atoms with van der Waals surface area (Å²) < 4.78 is 5.52. The molecule has 14 heavy (non-hydrogen) atoms. The Balaban J connectivity index is 2.66. The smallest absolute Gasteiger partial charge is 0.127 e. The zero-order valence-corrected chi connectivity index (χ0v) is 8.31. The molecule has 1 saturated heterocycles. The number of aliphatic hydroxyl groups excluding tert-OH is 2. The van der Waals surface area contributed by atoms with Crippen LogP contribution in [0, 0.1) is 11.3 Å². The van der Waals surface area contributed by atoms with Crippen LogP contribution in [0.2, 0.25) is 0 Å². The largest absolute Gasteiger partial charge is 0.393 e. The van der Waals surface area contributed by atoms with E-state index in [1.807, 2.05) is 18.0 Å². The van der Waals surface area contributed by atoms with Gasteiger partial charge >= 0.3 is 0 Å². The highest BCUT2D eigenvalue weighted by molar-refractivity contribution is 4.91. The van der Waals surface area contributed by atoms with Gasteiger partial charge < -0.3 is 19.8 Å². The molecule has 1 heterocycles. The van der Waals surface area contributed by atoms with E-state index >= 15 is 0 Å². The van der Waals surface area contributed by atoms with Gasteiger partial charge in [-0.05, 0) is 7.05 Å². The van der Waals surface area contributed by atoms with Gasteiger partial charge in [0.15, 0.2) is 0 Å². The summed E-state index contributed by atoms with van der Waals surface area (Å²) in [5.74, 6) is 0. The van der Waals surface area contributed by atoms with Gasteiger partial charge in [-0.3, -0.25) is 0 Å². The molecule has 1 aliphatic heterocycles. The summed E-state index contributed by atoms with van der Waals surface area (Å²) in [7, 11) is 1.88. The zero-order chi connectivity index (χ0) is 10.6. The molecule has 1 rings (SSSR count). The molecule has 0 saturated carbocycles. The second kappa shape index (κ2) is 4.71. The fourth-order valence-corrected chi connectivity index (χ4v) is 1.76. The third-order valence-corrected chi connectivity index (χ3v) is 2.39. The van der Waals surface area contributed by atoms with E-state index < -0.39 is 5.60 Å². The van der Waals surface area contributed by atoms with Crippen LogP contribution in [0.1, 0.15) is 6.42 Å². The first kappa shape index (κ1) is 11.4. The van der Waals surface area contributed by atoms with Crippen molar-refractivity contribution in [1.82, 2.24) is 4.90 Å². The molecule has 2 N–H and O–H groups in total. The van der Waals surface area contributed by atoms with Gasteiger partial charge in [-0.1, -0.05) is 0 Å². The summed E-state index contributed by atoms with van der Waals surface area (Å²) in [5.41, 5.74) is -0.908. The zero-order valence-electron chi connectivity index (χ0n) is 8.31. The lowest BCUT2D eigenvalue weighted by molar-refractivity contribution is -0.184. The van der Waals surface area contributed by atoms with Crippen molar-refractivity contribution in [2.24, 2.45) is 0 Å². The van der Waals surface area contributed by atoms with Gasteiger partial charge in [0.25, 0.3) is 0 Å². The number of nitrogens with zero attached hydrogens (tertiary/aromatic N) is 2. The number of hydrogen-bond acceptors (Lipinski definition) is 5. The fraction of sp³-hybridized carbons (Fsp3) is 0.889. The number of hydrogen-bond donors (Lipinski definition) is 2. The van der Waals surface area contributed by atoms with Crippen molar-refractivity contribution >= 4 is 0 Å². The maximum Gasteiger partial charge on any atom is 0.127 e. The normalized spacial score (nSPS) is 27.1. The van der Waals surface area contributed by atoms with Crippen LogP contribution in [-0.4, -0.2) is 60.2 Å². The first-order valence-corrected chi connectivity index (χ1v) is 4.61. The first-order valence-electron chi connectivity index (χ1n) is 4.61. The molecule has 80 valence electrons. The Morgan fingerprint density at radius 3 is 2.71 bits per heavy atom. The maximum atomic E-state index is 9.15. The third-order valence-electron chi connectivity index (χ3n) is 2.39. The average molecular weight is 200 g/mol. The highest BCUT2D eigenvalue weighted by atomic mass is 16.5. The van der Waals surface area contributed by atoms with Gasteiger partial charge in [-0.2, -0.15) is 5.26 Å². The van der Waals surface area contributed by atoms with E-state index in [4.69, 9.17) is 20.2 Å². The summed E-state index contributed by atoms with van der Waals surface area (Å²) in [4.78, 5) is 1.96. The lowest BCUT2D eigenvalue weighted by Crippen LogP contribution is -2.58. The minimum absolute atomic E-state index is 0.224. The van der Waals surface area contributed by atoms with E-state index in [0.717, 1.165) is 0 Å². The van der Waals surface area contributed by atoms with Crippen molar-refractivity contribution in [3.05, 3.63) is 0 Å². The number of rotatable bonds is 3. The van der Waals surface area contributed by atoms with Gasteiger partial charge in [0.1, 0.15) is 5.60 Å². The quantitative estimate of drug-likeness (QED) is 0.608. The Kier molecular flexibility index (Phi) is 3.84. The fourth-order valence-electron chi connectivity index (χ4n) is 1.76. The van der Waals surface area contributed by atoms with Crippen LogP contribution < -0.4 is 0 Å². The Morgan fingerprint density at radius 2 is 2.21 bits per heavy atom. The van der Waals surface area contributed by atoms with Crippen LogP contribution in [0.4, 0.5) is 0 Å². The first-order chi connectivity index (χ1) is 6.65. The minimum atomic E-state index is -0.908. The molecule has 0 unspecified atom stereocenters. The third kappa shape index (κ3) is 2.42. The van der Waals surface area contributed by atoms with Crippen molar-refractivity contribution in [3.63, 3.8) is 0 Å².